The maximum Gasteiger partial charge on any atom is 0.0346 e. The second-order valence-corrected chi connectivity index (χ2v) is 4.60. The molecule has 16 heavy (non-hydrogen) atoms. The summed E-state index contributed by atoms with van der Waals surface area (Å²) >= 11 is 0. The highest BCUT2D eigenvalue weighted by Crippen LogP contribution is 2.27. The summed E-state index contributed by atoms with van der Waals surface area (Å²) in [5, 5.41) is 3.38. The molecule has 0 radical (unpaired) electrons. The molecule has 0 spiro atoms. The minimum atomic E-state index is 0.597. The van der Waals surface area contributed by atoms with Crippen LogP contribution in [-0.4, -0.2) is 31.1 Å². The lowest BCUT2D eigenvalue weighted by atomic mass is 10.0. The minimum absolute atomic E-state index is 0.597. The Balaban J connectivity index is 2.06. The molecular formula is C14H22N2. The normalized spacial score (nSPS) is 23.5. The number of benzene rings is 1. The fraction of sp³-hybridized carbons (Fsp3) is 0.571. The van der Waals surface area contributed by atoms with E-state index in [9.17, 15) is 0 Å². The zero-order chi connectivity index (χ0) is 11.4. The first-order valence-electron chi connectivity index (χ1n) is 6.31. The number of hydrogen-bond donors (Lipinski definition) is 1. The molecule has 2 atom stereocenters. The average Bonchev–Trinajstić information content (AvgIpc) is 2.80. The first-order chi connectivity index (χ1) is 7.85. The van der Waals surface area contributed by atoms with Gasteiger partial charge in [0.05, 0.1) is 0 Å². The van der Waals surface area contributed by atoms with Crippen molar-refractivity contribution in [3.05, 3.63) is 35.9 Å². The summed E-state index contributed by atoms with van der Waals surface area (Å²) in [5.74, 6) is 0. The molecule has 1 N–H and O–H groups in total. The number of likely N-dealkylation sites (N-methyl/N-ethyl adjacent to an activating group) is 1. The van der Waals surface area contributed by atoms with Gasteiger partial charge < -0.3 is 5.32 Å². The smallest absolute Gasteiger partial charge is 0.0346 e. The Morgan fingerprint density at radius 2 is 2.12 bits per heavy atom. The molecule has 88 valence electrons. The summed E-state index contributed by atoms with van der Waals surface area (Å²) in [5.41, 5.74) is 1.46. The van der Waals surface area contributed by atoms with Crippen molar-refractivity contribution in [3.63, 3.8) is 0 Å². The van der Waals surface area contributed by atoms with Gasteiger partial charge in [-0.1, -0.05) is 37.3 Å². The van der Waals surface area contributed by atoms with E-state index < -0.39 is 0 Å². The van der Waals surface area contributed by atoms with Gasteiger partial charge in [0.25, 0.3) is 0 Å². The number of rotatable bonds is 4. The molecular weight excluding hydrogens is 196 g/mol. The van der Waals surface area contributed by atoms with Crippen LogP contribution in [0.25, 0.3) is 0 Å². The van der Waals surface area contributed by atoms with Crippen molar-refractivity contribution in [3.8, 4) is 0 Å². The lowest BCUT2D eigenvalue weighted by molar-refractivity contribution is 0.234. The molecule has 2 nitrogen and oxygen atoms in total. The molecule has 1 heterocycles. The molecule has 1 saturated heterocycles. The van der Waals surface area contributed by atoms with Crippen LogP contribution < -0.4 is 5.32 Å². The Morgan fingerprint density at radius 1 is 1.38 bits per heavy atom. The van der Waals surface area contributed by atoms with Gasteiger partial charge in [0.2, 0.25) is 0 Å². The molecule has 0 bridgehead atoms. The van der Waals surface area contributed by atoms with Crippen molar-refractivity contribution in [2.75, 3.05) is 20.1 Å². The van der Waals surface area contributed by atoms with Crippen LogP contribution in [0.5, 0.6) is 0 Å². The summed E-state index contributed by atoms with van der Waals surface area (Å²) in [6, 6.07) is 12.2. The van der Waals surface area contributed by atoms with Crippen LogP contribution in [0.2, 0.25) is 0 Å². The molecule has 1 aliphatic heterocycles. The molecule has 0 aromatic heterocycles. The molecule has 1 aromatic rings. The maximum atomic E-state index is 3.38. The Morgan fingerprint density at radius 3 is 2.69 bits per heavy atom. The number of likely N-dealkylation sites (tertiary alicyclic amines) is 1. The van der Waals surface area contributed by atoms with Gasteiger partial charge >= 0.3 is 0 Å². The lowest BCUT2D eigenvalue weighted by Crippen LogP contribution is -2.31. The SMILES string of the molecule is CC[C@@H](c1ccccc1)N1CCC(NC)C1. The monoisotopic (exact) mass is 218 g/mol. The van der Waals surface area contributed by atoms with Crippen molar-refractivity contribution >= 4 is 0 Å². The second kappa shape index (κ2) is 5.46. The van der Waals surface area contributed by atoms with Crippen molar-refractivity contribution in [1.82, 2.24) is 10.2 Å². The van der Waals surface area contributed by atoms with E-state index in [1.807, 2.05) is 0 Å². The van der Waals surface area contributed by atoms with Crippen molar-refractivity contribution in [2.24, 2.45) is 0 Å². The van der Waals surface area contributed by atoms with Gasteiger partial charge in [-0.2, -0.15) is 0 Å². The van der Waals surface area contributed by atoms with Crippen LogP contribution in [0.4, 0.5) is 0 Å². The third kappa shape index (κ3) is 2.45. The zero-order valence-corrected chi connectivity index (χ0v) is 10.3. The van der Waals surface area contributed by atoms with Gasteiger partial charge in [-0.05, 0) is 25.5 Å². The van der Waals surface area contributed by atoms with Gasteiger partial charge in [-0.15, -0.1) is 0 Å². The van der Waals surface area contributed by atoms with E-state index in [-0.39, 0.29) is 0 Å². The highest BCUT2D eigenvalue weighted by Gasteiger charge is 2.26. The summed E-state index contributed by atoms with van der Waals surface area (Å²) in [7, 11) is 2.07. The minimum Gasteiger partial charge on any atom is -0.316 e. The predicted octanol–water partition coefficient (Wildman–Crippen LogP) is 2.43. The highest BCUT2D eigenvalue weighted by molar-refractivity contribution is 5.19. The van der Waals surface area contributed by atoms with Gasteiger partial charge in [0.15, 0.2) is 0 Å². The molecule has 1 aliphatic rings. The number of nitrogens with one attached hydrogen (secondary N) is 1. The molecule has 2 heteroatoms. The van der Waals surface area contributed by atoms with E-state index in [0.29, 0.717) is 12.1 Å². The molecule has 1 fully saturated rings. The van der Waals surface area contributed by atoms with Gasteiger partial charge in [-0.3, -0.25) is 4.90 Å². The fourth-order valence-corrected chi connectivity index (χ4v) is 2.69. The Kier molecular flexibility index (Phi) is 3.97. The van der Waals surface area contributed by atoms with Crippen LogP contribution in [0, 0.1) is 0 Å². The van der Waals surface area contributed by atoms with E-state index in [4.69, 9.17) is 0 Å². The van der Waals surface area contributed by atoms with E-state index in [2.05, 4.69) is 54.5 Å². The topological polar surface area (TPSA) is 15.3 Å². The molecule has 0 amide bonds. The Labute approximate surface area is 98.7 Å². The summed E-state index contributed by atoms with van der Waals surface area (Å²) in [4.78, 5) is 2.61. The van der Waals surface area contributed by atoms with Crippen LogP contribution in [0.1, 0.15) is 31.4 Å². The first kappa shape index (κ1) is 11.6. The van der Waals surface area contributed by atoms with E-state index in [1.165, 1.54) is 31.5 Å². The summed E-state index contributed by atoms with van der Waals surface area (Å²) < 4.78 is 0. The fourth-order valence-electron chi connectivity index (χ4n) is 2.69. The molecule has 1 aromatic carbocycles. The summed E-state index contributed by atoms with van der Waals surface area (Å²) in [6.45, 7) is 4.69. The molecule has 0 saturated carbocycles. The van der Waals surface area contributed by atoms with Crippen LogP contribution in [0.15, 0.2) is 30.3 Å². The van der Waals surface area contributed by atoms with E-state index in [1.54, 1.807) is 0 Å². The third-order valence-electron chi connectivity index (χ3n) is 3.64. The van der Waals surface area contributed by atoms with Gasteiger partial charge in [0.1, 0.15) is 0 Å². The average molecular weight is 218 g/mol. The van der Waals surface area contributed by atoms with Crippen molar-refractivity contribution in [1.29, 1.82) is 0 Å². The first-order valence-corrected chi connectivity index (χ1v) is 6.31. The van der Waals surface area contributed by atoms with Crippen LogP contribution in [0.3, 0.4) is 0 Å². The maximum absolute atomic E-state index is 3.38. The Bertz CT molecular complexity index is 310. The van der Waals surface area contributed by atoms with Crippen molar-refractivity contribution < 1.29 is 0 Å². The van der Waals surface area contributed by atoms with E-state index >= 15 is 0 Å². The predicted molar refractivity (Wildman–Crippen MR) is 68.5 cm³/mol. The highest BCUT2D eigenvalue weighted by atomic mass is 15.2. The third-order valence-corrected chi connectivity index (χ3v) is 3.64. The van der Waals surface area contributed by atoms with Gasteiger partial charge in [-0.25, -0.2) is 0 Å². The van der Waals surface area contributed by atoms with Crippen LogP contribution >= 0.6 is 0 Å². The van der Waals surface area contributed by atoms with Gasteiger partial charge in [0, 0.05) is 25.2 Å². The number of nitrogens with zero attached hydrogens (tertiary/aromatic N) is 1. The Hall–Kier alpha value is -0.860. The van der Waals surface area contributed by atoms with Crippen LogP contribution in [-0.2, 0) is 0 Å². The quantitative estimate of drug-likeness (QED) is 0.835. The molecule has 1 unspecified atom stereocenters. The number of hydrogen-bond acceptors (Lipinski definition) is 2. The standard InChI is InChI=1S/C14H22N2/c1-3-14(12-7-5-4-6-8-12)16-10-9-13(11-16)15-2/h4-8,13-15H,3,9-11H2,1-2H3/t13?,14-/m0/s1. The lowest BCUT2D eigenvalue weighted by Gasteiger charge is -2.27. The zero-order valence-electron chi connectivity index (χ0n) is 10.3. The molecule has 2 rings (SSSR count). The largest absolute Gasteiger partial charge is 0.316 e. The molecule has 0 aliphatic carbocycles. The van der Waals surface area contributed by atoms with Crippen molar-refractivity contribution in [2.45, 2.75) is 31.8 Å². The van der Waals surface area contributed by atoms with E-state index in [0.717, 1.165) is 0 Å². The summed E-state index contributed by atoms with van der Waals surface area (Å²) in [6.07, 6.45) is 2.47. The second-order valence-electron chi connectivity index (χ2n) is 4.60.